The fourth-order valence-corrected chi connectivity index (χ4v) is 4.77. The van der Waals surface area contributed by atoms with Gasteiger partial charge in [-0.15, -0.1) is 0 Å². The third-order valence-electron chi connectivity index (χ3n) is 6.74. The van der Waals surface area contributed by atoms with Gasteiger partial charge in [-0.2, -0.15) is 5.26 Å². The van der Waals surface area contributed by atoms with Gasteiger partial charge in [0.15, 0.2) is 6.30 Å². The number of alkyl halides is 1. The molecule has 0 bridgehead atoms. The van der Waals surface area contributed by atoms with E-state index >= 15 is 0 Å². The van der Waals surface area contributed by atoms with Crippen molar-refractivity contribution in [2.75, 3.05) is 5.43 Å². The van der Waals surface area contributed by atoms with E-state index in [0.29, 0.717) is 16.8 Å². The lowest BCUT2D eigenvalue weighted by Crippen LogP contribution is -2.16. The number of hydrazine groups is 1. The third-order valence-corrected chi connectivity index (χ3v) is 6.74. The van der Waals surface area contributed by atoms with Crippen molar-refractivity contribution in [3.63, 3.8) is 0 Å². The molecule has 180 valence electrons. The van der Waals surface area contributed by atoms with Crippen LogP contribution < -0.4 is 10.9 Å². The maximum atomic E-state index is 14.6. The number of hydrogen-bond donors (Lipinski definition) is 3. The van der Waals surface area contributed by atoms with Crippen molar-refractivity contribution in [3.05, 3.63) is 106 Å². The third kappa shape index (κ3) is 4.51. The molecule has 5 rings (SSSR count). The van der Waals surface area contributed by atoms with E-state index in [1.165, 1.54) is 18.2 Å². The number of carboxylic acid groups (broad SMARTS) is 1. The number of carboxylic acids is 1. The summed E-state index contributed by atoms with van der Waals surface area (Å²) in [5, 5.41) is 18.8. The lowest BCUT2D eigenvalue weighted by atomic mass is 9.72. The van der Waals surface area contributed by atoms with Crippen LogP contribution in [0.25, 0.3) is 17.2 Å². The Hall–Kier alpha value is -4.28. The number of aliphatic carboxylic acids is 1. The van der Waals surface area contributed by atoms with Gasteiger partial charge in [-0.05, 0) is 82.5 Å². The molecule has 0 spiro atoms. The first-order valence-corrected chi connectivity index (χ1v) is 11.7. The van der Waals surface area contributed by atoms with E-state index in [1.807, 2.05) is 36.4 Å². The summed E-state index contributed by atoms with van der Waals surface area (Å²) in [5.41, 5.74) is 11.6. The summed E-state index contributed by atoms with van der Waals surface area (Å²) in [6.07, 6.45) is 4.13. The molecule has 1 aliphatic carbocycles. The molecular weight excluding hydrogens is 460 g/mol. The molecule has 3 aromatic carbocycles. The van der Waals surface area contributed by atoms with Crippen LogP contribution in [0.15, 0.2) is 66.7 Å². The second-order valence-electron chi connectivity index (χ2n) is 8.95. The van der Waals surface area contributed by atoms with Crippen LogP contribution in [0.5, 0.6) is 0 Å². The molecule has 3 aromatic rings. The first kappa shape index (κ1) is 23.5. The van der Waals surface area contributed by atoms with E-state index < -0.39 is 18.1 Å². The highest BCUT2D eigenvalue weighted by molar-refractivity contribution is 6.01. The number of nitriles is 1. The molecule has 0 saturated heterocycles. The van der Waals surface area contributed by atoms with E-state index in [2.05, 4.69) is 16.9 Å². The van der Waals surface area contributed by atoms with Crippen LogP contribution in [0.3, 0.4) is 0 Å². The Morgan fingerprint density at radius 1 is 1.06 bits per heavy atom. The first-order valence-electron chi connectivity index (χ1n) is 11.7. The molecule has 1 fully saturated rings. The number of carbonyl (C=O) groups is 1. The van der Waals surface area contributed by atoms with E-state index in [9.17, 15) is 18.8 Å². The van der Waals surface area contributed by atoms with Gasteiger partial charge in [-0.25, -0.2) is 19.0 Å². The second kappa shape index (κ2) is 9.76. The largest absolute Gasteiger partial charge is 0.478 e. The Bertz CT molecular complexity index is 1430. The number of benzene rings is 3. The summed E-state index contributed by atoms with van der Waals surface area (Å²) in [5.74, 6) is -1.35. The van der Waals surface area contributed by atoms with Gasteiger partial charge < -0.3 is 10.5 Å². The number of allylic oxidation sites excluding steroid dienone is 1. The number of hydrogen-bond acceptors (Lipinski definition) is 4. The predicted octanol–water partition coefficient (Wildman–Crippen LogP) is 6.45. The lowest BCUT2D eigenvalue weighted by Gasteiger charge is -2.32. The van der Waals surface area contributed by atoms with Crippen LogP contribution in [-0.2, 0) is 4.79 Å². The van der Waals surface area contributed by atoms with Crippen molar-refractivity contribution < 1.29 is 18.7 Å². The van der Waals surface area contributed by atoms with Crippen molar-refractivity contribution in [3.8, 4) is 6.07 Å². The van der Waals surface area contributed by atoms with Gasteiger partial charge in [0.1, 0.15) is 5.82 Å². The van der Waals surface area contributed by atoms with Crippen LogP contribution in [0, 0.1) is 23.1 Å². The Kier molecular flexibility index (Phi) is 6.36. The predicted molar refractivity (Wildman–Crippen MR) is 135 cm³/mol. The Morgan fingerprint density at radius 3 is 2.47 bits per heavy atom. The molecule has 5 nitrogen and oxygen atoms in total. The summed E-state index contributed by atoms with van der Waals surface area (Å²) >= 11 is 0. The smallest absolute Gasteiger partial charge is 0.328 e. The van der Waals surface area contributed by atoms with E-state index in [1.54, 1.807) is 12.1 Å². The number of nitrogens with zero attached hydrogens (tertiary/aromatic N) is 1. The molecule has 36 heavy (non-hydrogen) atoms. The standard InChI is InChI=1S/C29H23F2N3O2/c30-22-10-11-23(21(14-22)16-32)28(18-2-1-3-18)27(19-7-4-17(5-8-19)6-13-26(35)36)20-9-12-25-24(15-20)29(31)34-33-25/h4-15,18,29,33-34H,1-3H2,(H,35,36)/b13-6+,28-27+. The molecule has 0 radical (unpaired) electrons. The van der Waals surface area contributed by atoms with E-state index in [4.69, 9.17) is 5.11 Å². The quantitative estimate of drug-likeness (QED) is 0.213. The van der Waals surface area contributed by atoms with Gasteiger partial charge in [0.25, 0.3) is 0 Å². The highest BCUT2D eigenvalue weighted by atomic mass is 19.1. The van der Waals surface area contributed by atoms with Crippen LogP contribution in [0.1, 0.15) is 58.9 Å². The van der Waals surface area contributed by atoms with E-state index in [0.717, 1.165) is 53.2 Å². The Labute approximate surface area is 207 Å². The van der Waals surface area contributed by atoms with Gasteiger partial charge in [-0.3, -0.25) is 0 Å². The number of nitrogens with one attached hydrogen (secondary N) is 2. The van der Waals surface area contributed by atoms with E-state index in [-0.39, 0.29) is 11.5 Å². The molecule has 1 saturated carbocycles. The van der Waals surface area contributed by atoms with Crippen LogP contribution in [0.4, 0.5) is 14.5 Å². The fourth-order valence-electron chi connectivity index (χ4n) is 4.77. The van der Waals surface area contributed by atoms with Crippen molar-refractivity contribution >= 4 is 28.9 Å². The summed E-state index contributed by atoms with van der Waals surface area (Å²) in [6.45, 7) is 0. The van der Waals surface area contributed by atoms with Gasteiger partial charge in [0.2, 0.25) is 0 Å². The summed E-state index contributed by atoms with van der Waals surface area (Å²) in [7, 11) is 0. The summed E-state index contributed by atoms with van der Waals surface area (Å²) < 4.78 is 28.6. The van der Waals surface area contributed by atoms with Crippen LogP contribution in [0.2, 0.25) is 0 Å². The molecule has 3 N–H and O–H groups in total. The van der Waals surface area contributed by atoms with Gasteiger partial charge >= 0.3 is 5.97 Å². The molecule has 1 heterocycles. The molecule has 0 aromatic heterocycles. The monoisotopic (exact) mass is 483 g/mol. The minimum atomic E-state index is -1.36. The summed E-state index contributed by atoms with van der Waals surface area (Å²) in [6, 6.07) is 19.3. The maximum Gasteiger partial charge on any atom is 0.328 e. The first-order chi connectivity index (χ1) is 17.4. The van der Waals surface area contributed by atoms with Crippen molar-refractivity contribution in [2.45, 2.75) is 25.6 Å². The maximum absolute atomic E-state index is 14.6. The zero-order chi connectivity index (χ0) is 25.2. The highest BCUT2D eigenvalue weighted by Crippen LogP contribution is 2.46. The number of rotatable bonds is 6. The lowest BCUT2D eigenvalue weighted by molar-refractivity contribution is -0.131. The number of anilines is 1. The number of fused-ring (bicyclic) bond motifs is 1. The van der Waals surface area contributed by atoms with Gasteiger partial charge in [0.05, 0.1) is 17.3 Å². The van der Waals surface area contributed by atoms with Crippen molar-refractivity contribution in [2.24, 2.45) is 5.92 Å². The zero-order valence-corrected chi connectivity index (χ0v) is 19.3. The molecule has 7 heteroatoms. The minimum Gasteiger partial charge on any atom is -0.478 e. The molecule has 2 aliphatic rings. The Morgan fingerprint density at radius 2 is 1.81 bits per heavy atom. The molecule has 1 aliphatic heterocycles. The topological polar surface area (TPSA) is 85.2 Å². The van der Waals surface area contributed by atoms with Gasteiger partial charge in [-0.1, -0.05) is 42.8 Å². The normalized spacial score (nSPS) is 17.6. The SMILES string of the molecule is N#Cc1cc(F)ccc1/C(=C(\c1ccc(/C=C/C(=O)O)cc1)c1ccc2c(c1)C(F)NN2)C1CCC1. The molecule has 1 atom stereocenters. The van der Waals surface area contributed by atoms with Gasteiger partial charge in [0, 0.05) is 11.6 Å². The number of halogens is 2. The summed E-state index contributed by atoms with van der Waals surface area (Å²) in [4.78, 5) is 10.9. The van der Waals surface area contributed by atoms with Crippen molar-refractivity contribution in [1.82, 2.24) is 5.43 Å². The molecule has 0 amide bonds. The molecule has 1 unspecified atom stereocenters. The molecular formula is C29H23F2N3O2. The second-order valence-corrected chi connectivity index (χ2v) is 8.95. The van der Waals surface area contributed by atoms with Crippen LogP contribution >= 0.6 is 0 Å². The minimum absolute atomic E-state index is 0.162. The average molecular weight is 484 g/mol. The fraction of sp³-hybridized carbons (Fsp3) is 0.172. The highest BCUT2D eigenvalue weighted by Gasteiger charge is 2.30. The van der Waals surface area contributed by atoms with Crippen molar-refractivity contribution in [1.29, 1.82) is 5.26 Å². The van der Waals surface area contributed by atoms with Crippen LogP contribution in [-0.4, -0.2) is 11.1 Å². The zero-order valence-electron chi connectivity index (χ0n) is 19.3. The Balaban J connectivity index is 1.76. The average Bonchev–Trinajstić information content (AvgIpc) is 3.22.